The van der Waals surface area contributed by atoms with Gasteiger partial charge in [-0.2, -0.15) is 0 Å². The summed E-state index contributed by atoms with van der Waals surface area (Å²) in [6, 6.07) is 0. The lowest BCUT2D eigenvalue weighted by Gasteiger charge is -2.28. The number of hydrogen-bond acceptors (Lipinski definition) is 4. The van der Waals surface area contributed by atoms with Crippen molar-refractivity contribution in [3.05, 3.63) is 12.2 Å². The van der Waals surface area contributed by atoms with E-state index in [4.69, 9.17) is 9.84 Å². The smallest absolute Gasteiger partial charge is 0.307 e. The lowest BCUT2D eigenvalue weighted by Crippen LogP contribution is -2.43. The van der Waals surface area contributed by atoms with Crippen LogP contribution < -0.4 is 0 Å². The van der Waals surface area contributed by atoms with Crippen LogP contribution in [0.2, 0.25) is 0 Å². The van der Waals surface area contributed by atoms with Gasteiger partial charge in [0.25, 0.3) is 0 Å². The van der Waals surface area contributed by atoms with E-state index in [2.05, 4.69) is 0 Å². The fourth-order valence-corrected chi connectivity index (χ4v) is 2.61. The van der Waals surface area contributed by atoms with Gasteiger partial charge in [0.1, 0.15) is 6.54 Å². The van der Waals surface area contributed by atoms with Gasteiger partial charge in [0, 0.05) is 6.42 Å². The maximum atomic E-state index is 11.9. The number of likely N-dealkylation sites (N-methyl/N-ethyl adjacent to an activating group) is 1. The number of carbonyl (C=O) groups excluding carboxylic acids is 1. The Morgan fingerprint density at radius 3 is 2.32 bits per heavy atom. The molecule has 0 heterocycles. The van der Waals surface area contributed by atoms with E-state index in [-0.39, 0.29) is 18.5 Å². The first-order valence-electron chi connectivity index (χ1n) is 9.15. The third-order valence-corrected chi connectivity index (χ3v) is 3.76. The monoisotopic (exact) mass is 358 g/mol. The first kappa shape index (κ1) is 23.6. The van der Waals surface area contributed by atoms with Crippen LogP contribution in [0.4, 0.5) is 0 Å². The molecule has 146 valence electrons. The normalized spacial score (nSPS) is 14.4. The number of aliphatic carboxylic acids is 1. The third kappa shape index (κ3) is 15.8. The van der Waals surface area contributed by atoms with Crippen LogP contribution in [0.1, 0.15) is 58.3 Å². The van der Waals surface area contributed by atoms with Crippen LogP contribution in [0, 0.1) is 0 Å². The highest BCUT2D eigenvalue weighted by molar-refractivity contribution is 5.71. The second-order valence-corrected chi connectivity index (χ2v) is 7.59. The number of esters is 1. The van der Waals surface area contributed by atoms with E-state index in [9.17, 15) is 14.7 Å². The van der Waals surface area contributed by atoms with E-state index in [1.165, 1.54) is 0 Å². The highest BCUT2D eigenvalue weighted by Gasteiger charge is 2.24. The van der Waals surface area contributed by atoms with Crippen molar-refractivity contribution in [1.82, 2.24) is 0 Å². The van der Waals surface area contributed by atoms with Crippen molar-refractivity contribution in [2.24, 2.45) is 0 Å². The molecule has 0 aromatic rings. The molecule has 6 heteroatoms. The minimum atomic E-state index is -0.956. The largest absolute Gasteiger partial charge is 0.481 e. The number of carboxylic acid groups (broad SMARTS) is 1. The summed E-state index contributed by atoms with van der Waals surface area (Å²) >= 11 is 0. The van der Waals surface area contributed by atoms with Crippen molar-refractivity contribution in [2.75, 3.05) is 27.7 Å². The summed E-state index contributed by atoms with van der Waals surface area (Å²) in [5, 5.41) is 18.7. The van der Waals surface area contributed by atoms with Gasteiger partial charge in [-0.25, -0.2) is 0 Å². The predicted octanol–water partition coefficient (Wildman–Crippen LogP) is 2.75. The SMILES string of the molecule is C/C=C/CC(O)CCCCCCC(=O)OC(CC(=O)O)C[N+](C)(C)C. The lowest BCUT2D eigenvalue weighted by molar-refractivity contribution is -0.873. The summed E-state index contributed by atoms with van der Waals surface area (Å²) in [5.74, 6) is -1.28. The first-order valence-corrected chi connectivity index (χ1v) is 9.15. The number of hydrogen-bond donors (Lipinski definition) is 2. The van der Waals surface area contributed by atoms with Crippen LogP contribution in [-0.2, 0) is 14.3 Å². The zero-order valence-electron chi connectivity index (χ0n) is 16.2. The average molecular weight is 358 g/mol. The topological polar surface area (TPSA) is 83.8 Å². The van der Waals surface area contributed by atoms with Gasteiger partial charge in [-0.3, -0.25) is 9.59 Å². The number of carbonyl (C=O) groups is 2. The van der Waals surface area contributed by atoms with Crippen LogP contribution >= 0.6 is 0 Å². The molecule has 0 aromatic carbocycles. The molecule has 0 saturated carbocycles. The van der Waals surface area contributed by atoms with Crippen LogP contribution in [0.3, 0.4) is 0 Å². The number of aliphatic hydroxyl groups excluding tert-OH is 1. The number of aliphatic hydroxyl groups is 1. The number of rotatable bonds is 14. The molecule has 0 aliphatic heterocycles. The number of carboxylic acids is 1. The molecule has 0 spiro atoms. The van der Waals surface area contributed by atoms with Crippen molar-refractivity contribution in [3.8, 4) is 0 Å². The lowest BCUT2D eigenvalue weighted by atomic mass is 10.1. The number of ether oxygens (including phenoxy) is 1. The van der Waals surface area contributed by atoms with E-state index in [1.807, 2.05) is 40.2 Å². The molecule has 0 aliphatic carbocycles. The predicted molar refractivity (Wildman–Crippen MR) is 98.2 cm³/mol. The Morgan fingerprint density at radius 1 is 1.12 bits per heavy atom. The molecule has 0 rings (SSSR count). The Morgan fingerprint density at radius 2 is 1.76 bits per heavy atom. The van der Waals surface area contributed by atoms with E-state index in [0.29, 0.717) is 23.9 Å². The van der Waals surface area contributed by atoms with Crippen molar-refractivity contribution in [1.29, 1.82) is 0 Å². The Bertz CT molecular complexity index is 415. The molecular weight excluding hydrogens is 322 g/mol. The van der Waals surface area contributed by atoms with Gasteiger partial charge in [0.05, 0.1) is 33.7 Å². The summed E-state index contributed by atoms with van der Waals surface area (Å²) < 4.78 is 5.89. The molecule has 0 aromatic heterocycles. The van der Waals surface area contributed by atoms with Gasteiger partial charge in [0.2, 0.25) is 0 Å². The van der Waals surface area contributed by atoms with Gasteiger partial charge in [-0.1, -0.05) is 31.4 Å². The average Bonchev–Trinajstić information content (AvgIpc) is 2.46. The number of nitrogens with zero attached hydrogens (tertiary/aromatic N) is 1. The Balaban J connectivity index is 3.94. The fourth-order valence-electron chi connectivity index (χ4n) is 2.61. The molecule has 0 fully saturated rings. The minimum Gasteiger partial charge on any atom is -0.481 e. The maximum absolute atomic E-state index is 11.9. The first-order chi connectivity index (χ1) is 11.6. The van der Waals surface area contributed by atoms with E-state index in [1.54, 1.807) is 0 Å². The number of quaternary nitrogens is 1. The molecule has 25 heavy (non-hydrogen) atoms. The Kier molecular flexibility index (Phi) is 12.2. The molecule has 6 nitrogen and oxygen atoms in total. The molecule has 0 bridgehead atoms. The third-order valence-electron chi connectivity index (χ3n) is 3.76. The summed E-state index contributed by atoms with van der Waals surface area (Å²) in [6.07, 6.45) is 8.20. The van der Waals surface area contributed by atoms with Crippen LogP contribution in [-0.4, -0.2) is 66.5 Å². The number of unbranched alkanes of at least 4 members (excludes halogenated alkanes) is 3. The van der Waals surface area contributed by atoms with Gasteiger partial charge in [-0.15, -0.1) is 0 Å². The number of allylic oxidation sites excluding steroid dienone is 1. The maximum Gasteiger partial charge on any atom is 0.307 e. The quantitative estimate of drug-likeness (QED) is 0.216. The van der Waals surface area contributed by atoms with E-state index >= 15 is 0 Å². The van der Waals surface area contributed by atoms with Gasteiger partial charge in [-0.05, 0) is 26.2 Å². The molecule has 0 radical (unpaired) electrons. The summed E-state index contributed by atoms with van der Waals surface area (Å²) in [4.78, 5) is 22.8. The second-order valence-electron chi connectivity index (χ2n) is 7.59. The van der Waals surface area contributed by atoms with Gasteiger partial charge < -0.3 is 19.4 Å². The van der Waals surface area contributed by atoms with Crippen LogP contribution in [0.25, 0.3) is 0 Å². The molecule has 0 aliphatic rings. The van der Waals surface area contributed by atoms with Crippen molar-refractivity contribution >= 4 is 11.9 Å². The minimum absolute atomic E-state index is 0.161. The van der Waals surface area contributed by atoms with Gasteiger partial charge >= 0.3 is 11.9 Å². The van der Waals surface area contributed by atoms with Crippen molar-refractivity contribution in [3.63, 3.8) is 0 Å². The highest BCUT2D eigenvalue weighted by Crippen LogP contribution is 2.12. The molecule has 0 amide bonds. The summed E-state index contributed by atoms with van der Waals surface area (Å²) in [5.41, 5.74) is 0. The molecular formula is C19H36NO5+. The molecule has 0 saturated heterocycles. The zero-order valence-corrected chi connectivity index (χ0v) is 16.2. The highest BCUT2D eigenvalue weighted by atomic mass is 16.5. The summed E-state index contributed by atoms with van der Waals surface area (Å²) in [6.45, 7) is 2.41. The molecule has 2 atom stereocenters. The second kappa shape index (κ2) is 12.9. The van der Waals surface area contributed by atoms with Gasteiger partial charge in [0.15, 0.2) is 6.10 Å². The van der Waals surface area contributed by atoms with Crippen LogP contribution in [0.15, 0.2) is 12.2 Å². The molecule has 2 unspecified atom stereocenters. The molecule has 2 N–H and O–H groups in total. The van der Waals surface area contributed by atoms with Crippen LogP contribution in [0.5, 0.6) is 0 Å². The fraction of sp³-hybridized carbons (Fsp3) is 0.789. The standard InChI is InChI=1S/C19H35NO5/c1-5-6-11-16(21)12-9-7-8-10-13-19(24)25-17(14-18(22)23)15-20(2,3)4/h5-6,16-17,21H,7-15H2,1-4H3/p+1/b6-5+. The van der Waals surface area contributed by atoms with E-state index in [0.717, 1.165) is 32.1 Å². The van der Waals surface area contributed by atoms with E-state index < -0.39 is 12.1 Å². The van der Waals surface area contributed by atoms with Crippen molar-refractivity contribution in [2.45, 2.75) is 70.5 Å². The Labute approximate surface area is 152 Å². The van der Waals surface area contributed by atoms with Crippen molar-refractivity contribution < 1.29 is 29.0 Å². The summed E-state index contributed by atoms with van der Waals surface area (Å²) in [7, 11) is 5.81. The zero-order chi connectivity index (χ0) is 19.3. The Hall–Kier alpha value is -1.40.